The van der Waals surface area contributed by atoms with Gasteiger partial charge in [0.25, 0.3) is 0 Å². The maximum atomic E-state index is 10.9. The molecule has 0 spiro atoms. The largest absolute Gasteiger partial charge is 0.394 e. The molecule has 3 aromatic carbocycles. The molecule has 3 aromatic rings. The number of hydrogen-bond donors (Lipinski definition) is 2. The van der Waals surface area contributed by atoms with Gasteiger partial charge in [-0.15, -0.1) is 0 Å². The molecule has 6 nitrogen and oxygen atoms in total. The molecule has 2 N–H and O–H groups in total. The van der Waals surface area contributed by atoms with Gasteiger partial charge < -0.3 is 29.2 Å². The lowest BCUT2D eigenvalue weighted by atomic mass is 9.98. The van der Waals surface area contributed by atoms with Crippen molar-refractivity contribution in [1.29, 1.82) is 0 Å². The van der Waals surface area contributed by atoms with Crippen LogP contribution in [0, 0.1) is 0 Å². The molecule has 0 bridgehead atoms. The maximum Gasteiger partial charge on any atom is 0.187 e. The van der Waals surface area contributed by atoms with Gasteiger partial charge in [0.1, 0.15) is 24.4 Å². The Kier molecular flexibility index (Phi) is 8.60. The minimum Gasteiger partial charge on any atom is -0.394 e. The van der Waals surface area contributed by atoms with Crippen molar-refractivity contribution < 1.29 is 29.2 Å². The average molecular weight is 451 g/mol. The van der Waals surface area contributed by atoms with Crippen LogP contribution in [0.3, 0.4) is 0 Å². The third-order valence-electron chi connectivity index (χ3n) is 5.63. The molecule has 0 amide bonds. The molecular formula is C27H30O6. The summed E-state index contributed by atoms with van der Waals surface area (Å²) in [4.78, 5) is 0. The van der Waals surface area contributed by atoms with Gasteiger partial charge in [0, 0.05) is 0 Å². The molecule has 1 saturated heterocycles. The van der Waals surface area contributed by atoms with E-state index in [1.165, 1.54) is 0 Å². The van der Waals surface area contributed by atoms with E-state index in [1.807, 2.05) is 91.0 Å². The first-order valence-corrected chi connectivity index (χ1v) is 11.2. The lowest BCUT2D eigenvalue weighted by molar-refractivity contribution is -0.322. The van der Waals surface area contributed by atoms with E-state index in [2.05, 4.69) is 0 Å². The van der Waals surface area contributed by atoms with Crippen molar-refractivity contribution >= 4 is 0 Å². The van der Waals surface area contributed by atoms with Crippen molar-refractivity contribution in [2.75, 3.05) is 6.61 Å². The fraction of sp³-hybridized carbons (Fsp3) is 0.333. The van der Waals surface area contributed by atoms with Crippen LogP contribution in [0.5, 0.6) is 0 Å². The first kappa shape index (κ1) is 23.6. The second-order valence-corrected chi connectivity index (χ2v) is 8.04. The highest BCUT2D eigenvalue weighted by molar-refractivity contribution is 5.15. The quantitative estimate of drug-likeness (QED) is 0.493. The Morgan fingerprint density at radius 1 is 0.606 bits per heavy atom. The Morgan fingerprint density at radius 3 is 1.48 bits per heavy atom. The number of aliphatic hydroxyl groups excluding tert-OH is 2. The van der Waals surface area contributed by atoms with E-state index >= 15 is 0 Å². The van der Waals surface area contributed by atoms with Crippen LogP contribution in [-0.4, -0.2) is 47.5 Å². The van der Waals surface area contributed by atoms with E-state index in [0.29, 0.717) is 13.2 Å². The minimum atomic E-state index is -1.07. The number of hydrogen-bond acceptors (Lipinski definition) is 6. The second kappa shape index (κ2) is 12.0. The summed E-state index contributed by atoms with van der Waals surface area (Å²) >= 11 is 0. The number of ether oxygens (including phenoxy) is 4. The summed E-state index contributed by atoms with van der Waals surface area (Å²) in [5.41, 5.74) is 2.94. The van der Waals surface area contributed by atoms with Crippen LogP contribution < -0.4 is 0 Å². The minimum absolute atomic E-state index is 0.289. The molecule has 174 valence electrons. The Morgan fingerprint density at radius 2 is 1.03 bits per heavy atom. The standard InChI is InChI=1S/C27H30O6/c28-16-23-24(29)25(30-17-20-10-4-1-5-11-20)26(31-18-21-12-6-2-7-13-21)27(33-23)32-19-22-14-8-3-9-15-22/h1-15,23-29H,16-19H2/t23-,24-,25+,26-,27?/m1/s1. The average Bonchev–Trinajstić information content (AvgIpc) is 2.88. The van der Waals surface area contributed by atoms with Gasteiger partial charge in [-0.05, 0) is 16.7 Å². The van der Waals surface area contributed by atoms with Gasteiger partial charge >= 0.3 is 0 Å². The van der Waals surface area contributed by atoms with E-state index in [9.17, 15) is 10.2 Å². The Bertz CT molecular complexity index is 937. The van der Waals surface area contributed by atoms with E-state index in [0.717, 1.165) is 16.7 Å². The molecule has 1 fully saturated rings. The van der Waals surface area contributed by atoms with Crippen molar-refractivity contribution in [2.24, 2.45) is 0 Å². The lowest BCUT2D eigenvalue weighted by Gasteiger charge is -2.43. The van der Waals surface area contributed by atoms with Gasteiger partial charge in [-0.3, -0.25) is 0 Å². The fourth-order valence-electron chi connectivity index (χ4n) is 3.83. The SMILES string of the molecule is OC[C@H]1OC(OCc2ccccc2)[C@H](OCc2ccccc2)[C@@H](OCc2ccccc2)[C@@H]1O. The van der Waals surface area contributed by atoms with E-state index in [1.54, 1.807) is 0 Å². The smallest absolute Gasteiger partial charge is 0.187 e. The first-order chi connectivity index (χ1) is 16.2. The van der Waals surface area contributed by atoms with E-state index in [-0.39, 0.29) is 13.2 Å². The van der Waals surface area contributed by atoms with Crippen LogP contribution in [0.1, 0.15) is 16.7 Å². The van der Waals surface area contributed by atoms with Gasteiger partial charge in [-0.1, -0.05) is 91.0 Å². The summed E-state index contributed by atoms with van der Waals surface area (Å²) in [5, 5.41) is 20.8. The van der Waals surface area contributed by atoms with Crippen LogP contribution in [0.4, 0.5) is 0 Å². The molecule has 33 heavy (non-hydrogen) atoms. The van der Waals surface area contributed by atoms with Gasteiger partial charge in [0.05, 0.1) is 26.4 Å². The van der Waals surface area contributed by atoms with Crippen molar-refractivity contribution in [1.82, 2.24) is 0 Å². The maximum absolute atomic E-state index is 10.9. The van der Waals surface area contributed by atoms with E-state index in [4.69, 9.17) is 18.9 Å². The van der Waals surface area contributed by atoms with Crippen LogP contribution in [0.15, 0.2) is 91.0 Å². The van der Waals surface area contributed by atoms with Crippen LogP contribution >= 0.6 is 0 Å². The molecule has 0 aliphatic carbocycles. The molecule has 1 aliphatic heterocycles. The summed E-state index contributed by atoms with van der Waals surface area (Å²) in [6, 6.07) is 29.2. The summed E-state index contributed by atoms with van der Waals surface area (Å²) in [7, 11) is 0. The molecule has 1 unspecified atom stereocenters. The predicted octanol–water partition coefficient (Wildman–Crippen LogP) is 3.45. The predicted molar refractivity (Wildman–Crippen MR) is 123 cm³/mol. The van der Waals surface area contributed by atoms with Gasteiger partial charge in [0.15, 0.2) is 6.29 Å². The summed E-state index contributed by atoms with van der Waals surface area (Å²) in [6.07, 6.45) is -4.19. The summed E-state index contributed by atoms with van der Waals surface area (Å²) in [5.74, 6) is 0. The molecule has 6 heteroatoms. The molecule has 0 aromatic heterocycles. The monoisotopic (exact) mass is 450 g/mol. The number of aliphatic hydroxyl groups is 2. The zero-order valence-corrected chi connectivity index (χ0v) is 18.4. The van der Waals surface area contributed by atoms with Crippen molar-refractivity contribution in [3.63, 3.8) is 0 Å². The fourth-order valence-corrected chi connectivity index (χ4v) is 3.83. The third kappa shape index (κ3) is 6.48. The van der Waals surface area contributed by atoms with Crippen molar-refractivity contribution in [3.8, 4) is 0 Å². The zero-order chi connectivity index (χ0) is 22.9. The molecule has 0 saturated carbocycles. The van der Waals surface area contributed by atoms with Crippen LogP contribution in [0.2, 0.25) is 0 Å². The Balaban J connectivity index is 1.52. The molecule has 1 aliphatic rings. The molecule has 0 radical (unpaired) electrons. The normalized spacial score (nSPS) is 25.1. The summed E-state index contributed by atoms with van der Waals surface area (Å²) in [6.45, 7) is 0.540. The highest BCUT2D eigenvalue weighted by Crippen LogP contribution is 2.29. The van der Waals surface area contributed by atoms with Crippen LogP contribution in [-0.2, 0) is 38.8 Å². The Hall–Kier alpha value is -2.58. The second-order valence-electron chi connectivity index (χ2n) is 8.04. The highest BCUT2D eigenvalue weighted by atomic mass is 16.7. The van der Waals surface area contributed by atoms with Crippen molar-refractivity contribution in [3.05, 3.63) is 108 Å². The lowest BCUT2D eigenvalue weighted by Crippen LogP contribution is -2.60. The third-order valence-corrected chi connectivity index (χ3v) is 5.63. The van der Waals surface area contributed by atoms with E-state index < -0.39 is 30.7 Å². The summed E-state index contributed by atoms with van der Waals surface area (Å²) < 4.78 is 24.4. The van der Waals surface area contributed by atoms with Crippen molar-refractivity contribution in [2.45, 2.75) is 50.5 Å². The number of benzene rings is 3. The Labute approximate surface area is 194 Å². The highest BCUT2D eigenvalue weighted by Gasteiger charge is 2.47. The molecule has 1 heterocycles. The van der Waals surface area contributed by atoms with Crippen LogP contribution in [0.25, 0.3) is 0 Å². The number of rotatable bonds is 10. The molecule has 4 rings (SSSR count). The van der Waals surface area contributed by atoms with Gasteiger partial charge in [-0.25, -0.2) is 0 Å². The topological polar surface area (TPSA) is 77.4 Å². The zero-order valence-electron chi connectivity index (χ0n) is 18.4. The van der Waals surface area contributed by atoms with Gasteiger partial charge in [0.2, 0.25) is 0 Å². The first-order valence-electron chi connectivity index (χ1n) is 11.2. The molecule has 5 atom stereocenters. The molecular weight excluding hydrogens is 420 g/mol. The van der Waals surface area contributed by atoms with Gasteiger partial charge in [-0.2, -0.15) is 0 Å².